The van der Waals surface area contributed by atoms with Crippen molar-refractivity contribution in [3.8, 4) is 5.75 Å². The van der Waals surface area contributed by atoms with Gasteiger partial charge in [0.15, 0.2) is 0 Å². The Morgan fingerprint density at radius 2 is 2.11 bits per heavy atom. The van der Waals surface area contributed by atoms with Crippen molar-refractivity contribution in [1.29, 1.82) is 0 Å². The van der Waals surface area contributed by atoms with Crippen LogP contribution >= 0.6 is 15.9 Å². The zero-order valence-corrected chi connectivity index (χ0v) is 11.1. The van der Waals surface area contributed by atoms with Gasteiger partial charge in [-0.05, 0) is 35.9 Å². The third-order valence-electron chi connectivity index (χ3n) is 2.93. The second kappa shape index (κ2) is 4.61. The molecule has 2 aromatic carbocycles. The molecule has 1 aliphatic rings. The van der Waals surface area contributed by atoms with Gasteiger partial charge in [-0.1, -0.05) is 28.1 Å². The molecule has 0 aliphatic carbocycles. The van der Waals surface area contributed by atoms with Crippen molar-refractivity contribution < 1.29 is 9.13 Å². The highest BCUT2D eigenvalue weighted by atomic mass is 79.9. The van der Waals surface area contributed by atoms with Crippen LogP contribution in [-0.4, -0.2) is 6.61 Å². The minimum Gasteiger partial charge on any atom is -0.489 e. The summed E-state index contributed by atoms with van der Waals surface area (Å²) in [6, 6.07) is 12.4. The fourth-order valence-electron chi connectivity index (χ4n) is 2.05. The van der Waals surface area contributed by atoms with Gasteiger partial charge in [0.1, 0.15) is 18.2 Å². The molecule has 2 aromatic rings. The van der Waals surface area contributed by atoms with Crippen LogP contribution in [0.4, 0.5) is 10.1 Å². The zero-order valence-electron chi connectivity index (χ0n) is 9.49. The largest absolute Gasteiger partial charge is 0.489 e. The molecule has 0 amide bonds. The van der Waals surface area contributed by atoms with Crippen molar-refractivity contribution in [2.24, 2.45) is 0 Å². The van der Waals surface area contributed by atoms with Gasteiger partial charge in [0.05, 0.1) is 11.7 Å². The molecule has 0 bridgehead atoms. The number of rotatable bonds is 1. The van der Waals surface area contributed by atoms with Gasteiger partial charge >= 0.3 is 0 Å². The van der Waals surface area contributed by atoms with Crippen LogP contribution in [0, 0.1) is 5.82 Å². The normalized spacial score (nSPS) is 17.6. The van der Waals surface area contributed by atoms with Crippen molar-refractivity contribution in [2.45, 2.75) is 6.04 Å². The molecular formula is C14H11BrFNO. The predicted molar refractivity (Wildman–Crippen MR) is 72.4 cm³/mol. The summed E-state index contributed by atoms with van der Waals surface area (Å²) < 4.78 is 19.9. The Balaban J connectivity index is 1.90. The van der Waals surface area contributed by atoms with Gasteiger partial charge < -0.3 is 10.1 Å². The lowest BCUT2D eigenvalue weighted by atomic mass is 10.1. The van der Waals surface area contributed by atoms with Crippen molar-refractivity contribution in [3.05, 3.63) is 58.3 Å². The second-order valence-electron chi connectivity index (χ2n) is 4.20. The molecule has 1 aliphatic heterocycles. The molecule has 1 N–H and O–H groups in total. The number of anilines is 1. The lowest BCUT2D eigenvalue weighted by Crippen LogP contribution is -2.23. The molecule has 0 saturated carbocycles. The number of hydrogen-bond donors (Lipinski definition) is 1. The Hall–Kier alpha value is -1.55. The number of halogens is 2. The highest BCUT2D eigenvalue weighted by molar-refractivity contribution is 9.10. The molecule has 0 aromatic heterocycles. The first-order valence-electron chi connectivity index (χ1n) is 5.67. The summed E-state index contributed by atoms with van der Waals surface area (Å²) in [6.45, 7) is 0.498. The molecule has 4 heteroatoms. The molecule has 3 rings (SSSR count). The Bertz CT molecular complexity index is 588. The molecular weight excluding hydrogens is 297 g/mol. The lowest BCUT2D eigenvalue weighted by Gasteiger charge is -2.28. The Kier molecular flexibility index (Phi) is 2.96. The topological polar surface area (TPSA) is 21.3 Å². The average molecular weight is 308 g/mol. The quantitative estimate of drug-likeness (QED) is 0.855. The molecule has 1 atom stereocenters. The van der Waals surface area contributed by atoms with Crippen molar-refractivity contribution >= 4 is 21.6 Å². The van der Waals surface area contributed by atoms with Gasteiger partial charge in [-0.15, -0.1) is 0 Å². The Labute approximate surface area is 113 Å². The van der Waals surface area contributed by atoms with Gasteiger partial charge in [0.25, 0.3) is 0 Å². The molecule has 0 spiro atoms. The third-order valence-corrected chi connectivity index (χ3v) is 3.42. The SMILES string of the molecule is Fc1cccc(C2COc3ccc(Br)cc3N2)c1. The molecule has 92 valence electrons. The summed E-state index contributed by atoms with van der Waals surface area (Å²) >= 11 is 3.42. The van der Waals surface area contributed by atoms with E-state index < -0.39 is 0 Å². The van der Waals surface area contributed by atoms with E-state index in [1.807, 2.05) is 24.3 Å². The summed E-state index contributed by atoms with van der Waals surface area (Å²) in [5.74, 6) is 0.597. The number of ether oxygens (including phenoxy) is 1. The summed E-state index contributed by atoms with van der Waals surface area (Å²) in [6.07, 6.45) is 0. The van der Waals surface area contributed by atoms with Crippen LogP contribution in [0.3, 0.4) is 0 Å². The van der Waals surface area contributed by atoms with Gasteiger partial charge in [-0.25, -0.2) is 4.39 Å². The smallest absolute Gasteiger partial charge is 0.142 e. The minimum absolute atomic E-state index is 0.0255. The van der Waals surface area contributed by atoms with Crippen LogP contribution in [0.2, 0.25) is 0 Å². The van der Waals surface area contributed by atoms with E-state index in [1.54, 1.807) is 6.07 Å². The van der Waals surface area contributed by atoms with Crippen LogP contribution < -0.4 is 10.1 Å². The Morgan fingerprint density at radius 1 is 1.22 bits per heavy atom. The maximum Gasteiger partial charge on any atom is 0.142 e. The monoisotopic (exact) mass is 307 g/mol. The maximum atomic E-state index is 13.2. The van der Waals surface area contributed by atoms with Crippen LogP contribution in [0.15, 0.2) is 46.9 Å². The molecule has 0 radical (unpaired) electrons. The van der Waals surface area contributed by atoms with Crippen LogP contribution in [0.25, 0.3) is 0 Å². The fraction of sp³-hybridized carbons (Fsp3) is 0.143. The summed E-state index contributed by atoms with van der Waals surface area (Å²) in [4.78, 5) is 0. The van der Waals surface area contributed by atoms with Crippen LogP contribution in [0.5, 0.6) is 5.75 Å². The van der Waals surface area contributed by atoms with E-state index in [2.05, 4.69) is 21.2 Å². The van der Waals surface area contributed by atoms with Crippen molar-refractivity contribution in [1.82, 2.24) is 0 Å². The number of benzene rings is 2. The first-order valence-corrected chi connectivity index (χ1v) is 6.46. The summed E-state index contributed by atoms with van der Waals surface area (Å²) in [5, 5.41) is 3.36. The highest BCUT2D eigenvalue weighted by Crippen LogP contribution is 2.35. The number of hydrogen-bond acceptors (Lipinski definition) is 2. The van der Waals surface area contributed by atoms with E-state index in [1.165, 1.54) is 12.1 Å². The predicted octanol–water partition coefficient (Wildman–Crippen LogP) is 4.13. The molecule has 0 fully saturated rings. The van der Waals surface area contributed by atoms with Gasteiger partial charge in [0, 0.05) is 4.47 Å². The maximum absolute atomic E-state index is 13.2. The van der Waals surface area contributed by atoms with E-state index in [0.717, 1.165) is 21.5 Å². The first-order chi connectivity index (χ1) is 8.72. The summed E-state index contributed by atoms with van der Waals surface area (Å²) in [5.41, 5.74) is 1.81. The van der Waals surface area contributed by atoms with Gasteiger partial charge in [-0.3, -0.25) is 0 Å². The van der Waals surface area contributed by atoms with Crippen LogP contribution in [-0.2, 0) is 0 Å². The van der Waals surface area contributed by atoms with Gasteiger partial charge in [0.2, 0.25) is 0 Å². The van der Waals surface area contributed by atoms with Crippen molar-refractivity contribution in [3.63, 3.8) is 0 Å². The van der Waals surface area contributed by atoms with Crippen molar-refractivity contribution in [2.75, 3.05) is 11.9 Å². The number of nitrogens with one attached hydrogen (secondary N) is 1. The average Bonchev–Trinajstić information content (AvgIpc) is 2.38. The molecule has 0 saturated heterocycles. The summed E-state index contributed by atoms with van der Waals surface area (Å²) in [7, 11) is 0. The van der Waals surface area contributed by atoms with E-state index in [-0.39, 0.29) is 11.9 Å². The van der Waals surface area contributed by atoms with E-state index >= 15 is 0 Å². The van der Waals surface area contributed by atoms with Crippen LogP contribution in [0.1, 0.15) is 11.6 Å². The van der Waals surface area contributed by atoms with E-state index in [4.69, 9.17) is 4.74 Å². The first kappa shape index (κ1) is 11.5. The standard InChI is InChI=1S/C14H11BrFNO/c15-10-4-5-14-12(7-10)17-13(8-18-14)9-2-1-3-11(16)6-9/h1-7,13,17H,8H2. The molecule has 18 heavy (non-hydrogen) atoms. The zero-order chi connectivity index (χ0) is 12.5. The number of fused-ring (bicyclic) bond motifs is 1. The highest BCUT2D eigenvalue weighted by Gasteiger charge is 2.20. The van der Waals surface area contributed by atoms with E-state index in [0.29, 0.717) is 6.61 Å². The minimum atomic E-state index is -0.227. The molecule has 1 unspecified atom stereocenters. The lowest BCUT2D eigenvalue weighted by molar-refractivity contribution is 0.286. The van der Waals surface area contributed by atoms with E-state index in [9.17, 15) is 4.39 Å². The Morgan fingerprint density at radius 3 is 2.94 bits per heavy atom. The molecule has 1 heterocycles. The second-order valence-corrected chi connectivity index (χ2v) is 5.12. The molecule has 2 nitrogen and oxygen atoms in total. The third kappa shape index (κ3) is 2.20. The van der Waals surface area contributed by atoms with Gasteiger partial charge in [-0.2, -0.15) is 0 Å². The fourth-order valence-corrected chi connectivity index (χ4v) is 2.41.